The van der Waals surface area contributed by atoms with E-state index in [0.29, 0.717) is 13.1 Å². The van der Waals surface area contributed by atoms with Gasteiger partial charge in [-0.05, 0) is 23.8 Å². The number of benzene rings is 1. The second-order valence-electron chi connectivity index (χ2n) is 6.02. The highest BCUT2D eigenvalue weighted by Gasteiger charge is 2.22. The maximum Gasteiger partial charge on any atom is 0.321 e. The van der Waals surface area contributed by atoms with Crippen LogP contribution >= 0.6 is 0 Å². The molecule has 1 aliphatic rings. The van der Waals surface area contributed by atoms with Gasteiger partial charge in [0.25, 0.3) is 0 Å². The molecule has 8 nitrogen and oxygen atoms in total. The summed E-state index contributed by atoms with van der Waals surface area (Å²) in [6.07, 6.45) is 6.80. The molecule has 2 N–H and O–H groups in total. The Hall–Kier alpha value is -3.42. The molecule has 0 aliphatic carbocycles. The maximum absolute atomic E-state index is 12.5. The first-order valence-electron chi connectivity index (χ1n) is 8.46. The Labute approximate surface area is 150 Å². The number of piperazine rings is 1. The lowest BCUT2D eigenvalue weighted by Crippen LogP contribution is -2.50. The van der Waals surface area contributed by atoms with E-state index in [1.807, 2.05) is 35.2 Å². The van der Waals surface area contributed by atoms with E-state index < -0.39 is 0 Å². The molecule has 0 radical (unpaired) electrons. The number of carbonyl (C=O) groups excluding carboxylic acids is 1. The number of amides is 2. The summed E-state index contributed by atoms with van der Waals surface area (Å²) in [5.41, 5.74) is 2.75. The summed E-state index contributed by atoms with van der Waals surface area (Å²) in [5, 5.41) is 9.82. The number of nitrogens with zero attached hydrogens (tertiary/aromatic N) is 5. The first kappa shape index (κ1) is 16.1. The minimum atomic E-state index is -0.0851. The lowest BCUT2D eigenvalue weighted by Gasteiger charge is -2.35. The van der Waals surface area contributed by atoms with Crippen LogP contribution in [0.1, 0.15) is 0 Å². The number of rotatable bonds is 3. The van der Waals surface area contributed by atoms with Gasteiger partial charge in [-0.3, -0.25) is 10.1 Å². The molecule has 26 heavy (non-hydrogen) atoms. The van der Waals surface area contributed by atoms with Crippen molar-refractivity contribution < 1.29 is 4.79 Å². The number of aromatic nitrogens is 4. The van der Waals surface area contributed by atoms with Crippen molar-refractivity contribution in [3.8, 4) is 11.3 Å². The number of hydrogen-bond donors (Lipinski definition) is 2. The Morgan fingerprint density at radius 3 is 2.46 bits per heavy atom. The van der Waals surface area contributed by atoms with E-state index in [1.165, 1.54) is 0 Å². The van der Waals surface area contributed by atoms with Crippen LogP contribution in [-0.2, 0) is 0 Å². The number of carbonyl (C=O) groups is 1. The molecule has 3 aromatic rings. The minimum absolute atomic E-state index is 0.0851. The van der Waals surface area contributed by atoms with Crippen LogP contribution in [0.25, 0.3) is 11.3 Å². The van der Waals surface area contributed by atoms with Gasteiger partial charge in [0, 0.05) is 50.5 Å². The summed E-state index contributed by atoms with van der Waals surface area (Å²) >= 11 is 0. The van der Waals surface area contributed by atoms with Gasteiger partial charge in [-0.2, -0.15) is 5.10 Å². The van der Waals surface area contributed by atoms with Crippen molar-refractivity contribution in [2.24, 2.45) is 0 Å². The Morgan fingerprint density at radius 1 is 1.00 bits per heavy atom. The van der Waals surface area contributed by atoms with E-state index in [1.54, 1.807) is 24.8 Å². The fraction of sp³-hybridized carbons (Fsp3) is 0.222. The van der Waals surface area contributed by atoms with Crippen LogP contribution in [0, 0.1) is 0 Å². The van der Waals surface area contributed by atoms with Crippen LogP contribution in [-0.4, -0.2) is 57.3 Å². The van der Waals surface area contributed by atoms with E-state index in [2.05, 4.69) is 30.4 Å². The van der Waals surface area contributed by atoms with E-state index in [9.17, 15) is 4.79 Å². The van der Waals surface area contributed by atoms with E-state index in [4.69, 9.17) is 0 Å². The molecular weight excluding hydrogens is 330 g/mol. The topological polar surface area (TPSA) is 90.0 Å². The van der Waals surface area contributed by atoms with Gasteiger partial charge >= 0.3 is 6.03 Å². The van der Waals surface area contributed by atoms with Crippen LogP contribution in [0.4, 0.5) is 16.3 Å². The SMILES string of the molecule is O=C(Nc1ccc(-c2ccn[nH]2)cc1)N1CCN(c2cnccn2)CC1. The monoisotopic (exact) mass is 349 g/mol. The third kappa shape index (κ3) is 3.49. The van der Waals surface area contributed by atoms with E-state index in [0.717, 1.165) is 35.9 Å². The van der Waals surface area contributed by atoms with Gasteiger partial charge in [-0.15, -0.1) is 0 Å². The smallest absolute Gasteiger partial charge is 0.321 e. The molecule has 1 fully saturated rings. The number of urea groups is 1. The van der Waals surface area contributed by atoms with Crippen molar-refractivity contribution in [3.63, 3.8) is 0 Å². The highest BCUT2D eigenvalue weighted by molar-refractivity contribution is 5.89. The second kappa shape index (κ2) is 7.22. The number of nitrogens with one attached hydrogen (secondary N) is 2. The van der Waals surface area contributed by atoms with Crippen LogP contribution in [0.2, 0.25) is 0 Å². The lowest BCUT2D eigenvalue weighted by atomic mass is 10.1. The first-order valence-corrected chi connectivity index (χ1v) is 8.46. The number of hydrogen-bond acceptors (Lipinski definition) is 5. The fourth-order valence-electron chi connectivity index (χ4n) is 2.95. The summed E-state index contributed by atoms with van der Waals surface area (Å²) in [6.45, 7) is 2.78. The van der Waals surface area contributed by atoms with Crippen LogP contribution in [0.3, 0.4) is 0 Å². The molecule has 0 saturated carbocycles. The van der Waals surface area contributed by atoms with Gasteiger partial charge in [0.1, 0.15) is 5.82 Å². The van der Waals surface area contributed by atoms with E-state index in [-0.39, 0.29) is 6.03 Å². The molecule has 1 aromatic carbocycles. The molecule has 132 valence electrons. The minimum Gasteiger partial charge on any atom is -0.352 e. The average molecular weight is 349 g/mol. The quantitative estimate of drug-likeness (QED) is 0.757. The standard InChI is InChI=1S/C18H19N7O/c26-18(22-15-3-1-14(2-4-15)16-5-6-21-23-16)25-11-9-24(10-12-25)17-13-19-7-8-20-17/h1-8,13H,9-12H2,(H,21,23)(H,22,26). The number of H-pyrrole nitrogens is 1. The van der Waals surface area contributed by atoms with Gasteiger partial charge in [0.2, 0.25) is 0 Å². The first-order chi connectivity index (χ1) is 12.8. The third-order valence-electron chi connectivity index (χ3n) is 4.39. The van der Waals surface area contributed by atoms with Crippen molar-refractivity contribution in [2.45, 2.75) is 0 Å². The van der Waals surface area contributed by atoms with Gasteiger partial charge in [-0.1, -0.05) is 12.1 Å². The summed E-state index contributed by atoms with van der Waals surface area (Å²) in [5.74, 6) is 0.849. The summed E-state index contributed by atoms with van der Waals surface area (Å²) in [6, 6.07) is 9.51. The molecule has 8 heteroatoms. The van der Waals surface area contributed by atoms with Crippen molar-refractivity contribution in [1.29, 1.82) is 0 Å². The average Bonchev–Trinajstić information content (AvgIpc) is 3.24. The van der Waals surface area contributed by atoms with Crippen LogP contribution in [0.15, 0.2) is 55.1 Å². The highest BCUT2D eigenvalue weighted by atomic mass is 16.2. The Balaban J connectivity index is 1.33. The predicted octanol–water partition coefficient (Wildman–Crippen LogP) is 2.22. The van der Waals surface area contributed by atoms with Gasteiger partial charge < -0.3 is 15.1 Å². The molecule has 0 unspecified atom stereocenters. The Morgan fingerprint density at radius 2 is 1.81 bits per heavy atom. The molecule has 2 amide bonds. The highest BCUT2D eigenvalue weighted by Crippen LogP contribution is 2.19. The Bertz CT molecular complexity index is 841. The summed E-state index contributed by atoms with van der Waals surface area (Å²) in [4.78, 5) is 24.8. The van der Waals surface area contributed by atoms with Crippen molar-refractivity contribution in [3.05, 3.63) is 55.1 Å². The number of aromatic amines is 1. The zero-order chi connectivity index (χ0) is 17.8. The largest absolute Gasteiger partial charge is 0.352 e. The molecule has 0 spiro atoms. The summed E-state index contributed by atoms with van der Waals surface area (Å²) < 4.78 is 0. The third-order valence-corrected chi connectivity index (χ3v) is 4.39. The van der Waals surface area contributed by atoms with Crippen LogP contribution in [0.5, 0.6) is 0 Å². The van der Waals surface area contributed by atoms with E-state index >= 15 is 0 Å². The fourth-order valence-corrected chi connectivity index (χ4v) is 2.95. The van der Waals surface area contributed by atoms with Crippen molar-refractivity contribution >= 4 is 17.5 Å². The summed E-state index contributed by atoms with van der Waals surface area (Å²) in [7, 11) is 0. The predicted molar refractivity (Wildman–Crippen MR) is 98.9 cm³/mol. The molecule has 0 atom stereocenters. The van der Waals surface area contributed by atoms with Crippen LogP contribution < -0.4 is 10.2 Å². The number of anilines is 2. The Kier molecular flexibility index (Phi) is 4.46. The maximum atomic E-state index is 12.5. The molecular formula is C18H19N7O. The molecule has 1 aliphatic heterocycles. The lowest BCUT2D eigenvalue weighted by molar-refractivity contribution is 0.208. The molecule has 2 aromatic heterocycles. The normalized spacial score (nSPS) is 14.3. The van der Waals surface area contributed by atoms with Gasteiger partial charge in [0.15, 0.2) is 0 Å². The molecule has 1 saturated heterocycles. The molecule has 4 rings (SSSR count). The second-order valence-corrected chi connectivity index (χ2v) is 6.02. The molecule has 0 bridgehead atoms. The molecule has 3 heterocycles. The van der Waals surface area contributed by atoms with Gasteiger partial charge in [0.05, 0.1) is 11.9 Å². The van der Waals surface area contributed by atoms with Gasteiger partial charge in [-0.25, -0.2) is 9.78 Å². The zero-order valence-electron chi connectivity index (χ0n) is 14.2. The van der Waals surface area contributed by atoms with Crippen molar-refractivity contribution in [2.75, 3.05) is 36.4 Å². The van der Waals surface area contributed by atoms with Crippen molar-refractivity contribution in [1.82, 2.24) is 25.1 Å². The zero-order valence-corrected chi connectivity index (χ0v) is 14.2.